The Balaban J connectivity index is 3.71. The van der Waals surface area contributed by atoms with E-state index in [4.69, 9.17) is 5.11 Å². The molecule has 0 aromatic heterocycles. The number of carboxylic acid groups (broad SMARTS) is 1. The maximum atomic E-state index is 11.2. The van der Waals surface area contributed by atoms with Crippen molar-refractivity contribution in [3.8, 4) is 0 Å². The van der Waals surface area contributed by atoms with Crippen LogP contribution >= 0.6 is 0 Å². The average molecular weight is 273 g/mol. The first kappa shape index (κ1) is 16.9. The third-order valence-electron chi connectivity index (χ3n) is 2.17. The van der Waals surface area contributed by atoms with Gasteiger partial charge in [0.05, 0.1) is 0 Å². The highest BCUT2D eigenvalue weighted by Gasteiger charge is 2.09. The van der Waals surface area contributed by atoms with Gasteiger partial charge in [0.2, 0.25) is 11.8 Å². The number of imide groups is 1. The van der Waals surface area contributed by atoms with Crippen molar-refractivity contribution in [3.63, 3.8) is 0 Å². The molecule has 0 fully saturated rings. The van der Waals surface area contributed by atoms with Crippen LogP contribution < -0.4 is 10.6 Å². The zero-order valence-corrected chi connectivity index (χ0v) is 11.1. The zero-order valence-electron chi connectivity index (χ0n) is 11.1. The van der Waals surface area contributed by atoms with Crippen LogP contribution in [0.25, 0.3) is 0 Å². The lowest BCUT2D eigenvalue weighted by Gasteiger charge is -2.10. The number of nitrogens with one attached hydrogen (secondary N) is 2. The van der Waals surface area contributed by atoms with E-state index in [2.05, 4.69) is 5.32 Å². The van der Waals surface area contributed by atoms with Crippen LogP contribution in [0.5, 0.6) is 0 Å². The molecule has 0 spiro atoms. The molecule has 4 amide bonds. The van der Waals surface area contributed by atoms with Crippen LogP contribution in [0, 0.1) is 0 Å². The van der Waals surface area contributed by atoms with E-state index < -0.39 is 17.9 Å². The molecule has 0 aromatic rings. The van der Waals surface area contributed by atoms with Gasteiger partial charge in [0.15, 0.2) is 0 Å². The van der Waals surface area contributed by atoms with Gasteiger partial charge in [-0.25, -0.2) is 4.79 Å². The number of urea groups is 1. The topological polar surface area (TPSA) is 116 Å². The number of nitrogens with zero attached hydrogens (tertiary/aromatic N) is 1. The van der Waals surface area contributed by atoms with Crippen LogP contribution in [0.4, 0.5) is 4.79 Å². The summed E-state index contributed by atoms with van der Waals surface area (Å²) in [7, 11) is 3.21. The molecule has 0 aliphatic rings. The second kappa shape index (κ2) is 8.90. The fraction of sp³-hybridized carbons (Fsp3) is 0.636. The molecule has 0 saturated carbocycles. The lowest BCUT2D eigenvalue weighted by molar-refractivity contribution is -0.137. The summed E-state index contributed by atoms with van der Waals surface area (Å²) < 4.78 is 0. The minimum atomic E-state index is -0.987. The quantitative estimate of drug-likeness (QED) is 0.580. The molecule has 0 aliphatic heterocycles. The first-order chi connectivity index (χ1) is 8.82. The van der Waals surface area contributed by atoms with Gasteiger partial charge >= 0.3 is 12.0 Å². The van der Waals surface area contributed by atoms with Gasteiger partial charge in [0.25, 0.3) is 0 Å². The number of hydrogen-bond acceptors (Lipinski definition) is 4. The first-order valence-electron chi connectivity index (χ1n) is 5.82. The van der Waals surface area contributed by atoms with Gasteiger partial charge in [-0.2, -0.15) is 0 Å². The number of hydrogen-bond donors (Lipinski definition) is 3. The summed E-state index contributed by atoms with van der Waals surface area (Å²) in [6, 6.07) is -0.688. The second-order valence-corrected chi connectivity index (χ2v) is 4.09. The molecule has 108 valence electrons. The van der Waals surface area contributed by atoms with Crippen LogP contribution in [0.2, 0.25) is 0 Å². The number of rotatable bonds is 7. The third-order valence-corrected chi connectivity index (χ3v) is 2.17. The van der Waals surface area contributed by atoms with E-state index in [1.165, 1.54) is 4.90 Å². The van der Waals surface area contributed by atoms with Crippen molar-refractivity contribution in [2.75, 3.05) is 20.6 Å². The fourth-order valence-corrected chi connectivity index (χ4v) is 1.14. The van der Waals surface area contributed by atoms with Crippen LogP contribution in [0.1, 0.15) is 25.7 Å². The number of carbonyl (C=O) groups is 4. The molecule has 19 heavy (non-hydrogen) atoms. The average Bonchev–Trinajstić information content (AvgIpc) is 2.27. The first-order valence-corrected chi connectivity index (χ1v) is 5.82. The highest BCUT2D eigenvalue weighted by atomic mass is 16.4. The minimum absolute atomic E-state index is 0.0314. The second-order valence-electron chi connectivity index (χ2n) is 4.09. The number of carboxylic acids is 1. The van der Waals surface area contributed by atoms with Gasteiger partial charge in [-0.3, -0.25) is 19.7 Å². The predicted octanol–water partition coefficient (Wildman–Crippen LogP) is -0.455. The fourth-order valence-electron chi connectivity index (χ4n) is 1.14. The maximum Gasteiger partial charge on any atom is 0.321 e. The van der Waals surface area contributed by atoms with Crippen LogP contribution in [0.15, 0.2) is 0 Å². The number of carbonyl (C=O) groups excluding carboxylic acids is 3. The zero-order chi connectivity index (χ0) is 14.8. The highest BCUT2D eigenvalue weighted by Crippen LogP contribution is 1.94. The van der Waals surface area contributed by atoms with E-state index in [1.807, 2.05) is 5.32 Å². The van der Waals surface area contributed by atoms with Crippen molar-refractivity contribution in [1.29, 1.82) is 0 Å². The molecular weight excluding hydrogens is 254 g/mol. The minimum Gasteiger partial charge on any atom is -0.481 e. The van der Waals surface area contributed by atoms with E-state index in [0.29, 0.717) is 0 Å². The van der Waals surface area contributed by atoms with Crippen molar-refractivity contribution >= 4 is 23.8 Å². The summed E-state index contributed by atoms with van der Waals surface area (Å²) in [5.74, 6) is -1.66. The van der Waals surface area contributed by atoms with E-state index in [-0.39, 0.29) is 38.1 Å². The lowest BCUT2D eigenvalue weighted by atomic mass is 10.2. The van der Waals surface area contributed by atoms with Gasteiger partial charge in [-0.1, -0.05) is 0 Å². The Morgan fingerprint density at radius 3 is 2.21 bits per heavy atom. The lowest BCUT2D eigenvalue weighted by Crippen LogP contribution is -2.40. The molecular formula is C11H19N3O5. The molecule has 0 saturated heterocycles. The van der Waals surface area contributed by atoms with E-state index in [9.17, 15) is 19.2 Å². The van der Waals surface area contributed by atoms with Gasteiger partial charge in [0, 0.05) is 39.9 Å². The predicted molar refractivity (Wildman–Crippen MR) is 66.3 cm³/mol. The normalized spacial score (nSPS) is 9.58. The molecule has 0 atom stereocenters. The molecule has 8 heteroatoms. The Labute approximate surface area is 111 Å². The highest BCUT2D eigenvalue weighted by molar-refractivity contribution is 5.94. The molecule has 0 bridgehead atoms. The summed E-state index contributed by atoms with van der Waals surface area (Å²) in [5, 5.41) is 12.8. The van der Waals surface area contributed by atoms with Gasteiger partial charge < -0.3 is 15.3 Å². The van der Waals surface area contributed by atoms with Crippen LogP contribution in [-0.4, -0.2) is 54.5 Å². The Kier molecular flexibility index (Phi) is 7.90. The van der Waals surface area contributed by atoms with Gasteiger partial charge in [-0.05, 0) is 6.42 Å². The van der Waals surface area contributed by atoms with E-state index in [0.717, 1.165) is 0 Å². The number of aliphatic carboxylic acids is 1. The molecule has 0 radical (unpaired) electrons. The maximum absolute atomic E-state index is 11.2. The van der Waals surface area contributed by atoms with Crippen molar-refractivity contribution in [3.05, 3.63) is 0 Å². The van der Waals surface area contributed by atoms with Crippen molar-refractivity contribution < 1.29 is 24.3 Å². The smallest absolute Gasteiger partial charge is 0.321 e. The Morgan fingerprint density at radius 1 is 1.05 bits per heavy atom. The summed E-state index contributed by atoms with van der Waals surface area (Å²) in [6.45, 7) is 0.130. The molecule has 0 heterocycles. The largest absolute Gasteiger partial charge is 0.481 e. The monoisotopic (exact) mass is 273 g/mol. The molecule has 0 aliphatic carbocycles. The summed E-state index contributed by atoms with van der Waals surface area (Å²) in [5.41, 5.74) is 0. The SMILES string of the molecule is CN(C)C(=O)CCNC(=O)NC(=O)CCCC(=O)O. The molecule has 8 nitrogen and oxygen atoms in total. The molecule has 0 rings (SSSR count). The van der Waals surface area contributed by atoms with Crippen molar-refractivity contribution in [1.82, 2.24) is 15.5 Å². The van der Waals surface area contributed by atoms with Crippen LogP contribution in [0.3, 0.4) is 0 Å². The van der Waals surface area contributed by atoms with Crippen molar-refractivity contribution in [2.45, 2.75) is 25.7 Å². The van der Waals surface area contributed by atoms with Crippen LogP contribution in [-0.2, 0) is 14.4 Å². The number of amides is 4. The van der Waals surface area contributed by atoms with Crippen molar-refractivity contribution in [2.24, 2.45) is 0 Å². The summed E-state index contributed by atoms with van der Waals surface area (Å²) in [4.78, 5) is 45.2. The molecule has 0 unspecified atom stereocenters. The Hall–Kier alpha value is -2.12. The third kappa shape index (κ3) is 9.57. The molecule has 0 aromatic carbocycles. The van der Waals surface area contributed by atoms with Gasteiger partial charge in [0.1, 0.15) is 0 Å². The van der Waals surface area contributed by atoms with E-state index in [1.54, 1.807) is 14.1 Å². The standard InChI is InChI=1S/C11H19N3O5/c1-14(2)9(16)6-7-12-11(19)13-8(15)4-3-5-10(17)18/h3-7H2,1-2H3,(H,17,18)(H2,12,13,15,19). The summed E-state index contributed by atoms with van der Waals surface area (Å²) >= 11 is 0. The Bertz CT molecular complexity index is 354. The molecule has 3 N–H and O–H groups in total. The Morgan fingerprint density at radius 2 is 1.68 bits per heavy atom. The summed E-state index contributed by atoms with van der Waals surface area (Å²) in [6.07, 6.45) is 0.171. The van der Waals surface area contributed by atoms with E-state index >= 15 is 0 Å². The van der Waals surface area contributed by atoms with Gasteiger partial charge in [-0.15, -0.1) is 0 Å².